The van der Waals surface area contributed by atoms with Gasteiger partial charge in [0.25, 0.3) is 0 Å². The Hall–Kier alpha value is -0.440. The van der Waals surface area contributed by atoms with Gasteiger partial charge < -0.3 is 5.73 Å². The fourth-order valence-electron chi connectivity index (χ4n) is 1.43. The lowest BCUT2D eigenvalue weighted by Crippen LogP contribution is -2.37. The number of halogens is 3. The molecule has 0 amide bonds. The predicted molar refractivity (Wildman–Crippen MR) is 82.5 cm³/mol. The van der Waals surface area contributed by atoms with E-state index in [-0.39, 0.29) is 26.6 Å². The number of rotatable bonds is 5. The summed E-state index contributed by atoms with van der Waals surface area (Å²) in [5.74, 6) is -0.582. The molecule has 0 bridgehead atoms. The predicted octanol–water partition coefficient (Wildman–Crippen LogP) is 3.05. The third kappa shape index (κ3) is 4.01. The Kier molecular flexibility index (Phi) is 5.54. The van der Waals surface area contributed by atoms with Gasteiger partial charge in [0.05, 0.1) is 15.7 Å². The van der Waals surface area contributed by atoms with Crippen molar-refractivity contribution in [1.82, 2.24) is 0 Å². The molecular formula is C10H11BrClFN2O2S2. The molecule has 1 rings (SSSR count). The van der Waals surface area contributed by atoms with Gasteiger partial charge in [-0.2, -0.15) is 0 Å². The molecule has 0 heterocycles. The van der Waals surface area contributed by atoms with Crippen LogP contribution in [0.2, 0.25) is 5.02 Å². The maximum absolute atomic E-state index is 13.1. The lowest BCUT2D eigenvalue weighted by atomic mass is 10.3. The van der Waals surface area contributed by atoms with E-state index in [0.29, 0.717) is 0 Å². The molecule has 0 aliphatic carbocycles. The van der Waals surface area contributed by atoms with Crippen LogP contribution >= 0.6 is 39.7 Å². The summed E-state index contributed by atoms with van der Waals surface area (Å²) in [5.41, 5.74) is 5.45. The highest BCUT2D eigenvalue weighted by Gasteiger charge is 2.27. The first-order chi connectivity index (χ1) is 8.69. The van der Waals surface area contributed by atoms with Crippen LogP contribution in [0.15, 0.2) is 16.6 Å². The topological polar surface area (TPSA) is 72.2 Å². The van der Waals surface area contributed by atoms with Crippen LogP contribution in [0.1, 0.15) is 13.3 Å². The van der Waals surface area contributed by atoms with E-state index in [1.165, 1.54) is 0 Å². The number of hydrogen-bond acceptors (Lipinski definition) is 3. The van der Waals surface area contributed by atoms with Crippen LogP contribution in [0.25, 0.3) is 0 Å². The SMILES string of the molecule is CCC(C(N)=S)S(=O)(=O)Nc1c(Cl)cc(F)cc1Br. The molecule has 0 radical (unpaired) electrons. The number of nitrogens with one attached hydrogen (secondary N) is 1. The Labute approximate surface area is 129 Å². The van der Waals surface area contributed by atoms with Crippen molar-refractivity contribution in [1.29, 1.82) is 0 Å². The Morgan fingerprint density at radius 2 is 2.21 bits per heavy atom. The zero-order valence-corrected chi connectivity index (χ0v) is 13.8. The van der Waals surface area contributed by atoms with E-state index in [0.717, 1.165) is 12.1 Å². The van der Waals surface area contributed by atoms with Crippen molar-refractivity contribution in [3.63, 3.8) is 0 Å². The normalized spacial score (nSPS) is 13.1. The molecule has 1 aromatic rings. The highest BCUT2D eigenvalue weighted by molar-refractivity contribution is 9.10. The first-order valence-electron chi connectivity index (χ1n) is 5.14. The number of thiocarbonyl (C=S) groups is 1. The van der Waals surface area contributed by atoms with E-state index >= 15 is 0 Å². The molecule has 19 heavy (non-hydrogen) atoms. The Balaban J connectivity index is 3.19. The van der Waals surface area contributed by atoms with Gasteiger partial charge in [-0.25, -0.2) is 12.8 Å². The standard InChI is InChI=1S/C10H11BrClFN2O2S2/c1-2-8(10(14)18)19(16,17)15-9-6(11)3-5(13)4-7(9)12/h3-4,8,15H,2H2,1H3,(H2,14,18). The summed E-state index contributed by atoms with van der Waals surface area (Å²) in [6.07, 6.45) is 0.223. The molecule has 0 saturated carbocycles. The molecule has 1 unspecified atom stereocenters. The quantitative estimate of drug-likeness (QED) is 0.759. The van der Waals surface area contributed by atoms with Crippen molar-refractivity contribution in [2.75, 3.05) is 4.72 Å². The van der Waals surface area contributed by atoms with Gasteiger partial charge in [-0.1, -0.05) is 30.7 Å². The average Bonchev–Trinajstić information content (AvgIpc) is 2.23. The minimum Gasteiger partial charge on any atom is -0.392 e. The Bertz CT molecular complexity index is 587. The summed E-state index contributed by atoms with van der Waals surface area (Å²) >= 11 is 13.6. The van der Waals surface area contributed by atoms with Crippen molar-refractivity contribution < 1.29 is 12.8 Å². The van der Waals surface area contributed by atoms with Gasteiger partial charge in [-0.3, -0.25) is 4.72 Å². The summed E-state index contributed by atoms with van der Waals surface area (Å²) in [6, 6.07) is 2.11. The molecular weight excluding hydrogens is 379 g/mol. The van der Waals surface area contributed by atoms with Gasteiger partial charge in [0.2, 0.25) is 10.0 Å². The zero-order chi connectivity index (χ0) is 14.8. The van der Waals surface area contributed by atoms with Crippen molar-refractivity contribution in [3.8, 4) is 0 Å². The highest BCUT2D eigenvalue weighted by Crippen LogP contribution is 2.33. The molecule has 0 aliphatic heterocycles. The molecule has 1 atom stereocenters. The molecule has 9 heteroatoms. The molecule has 0 aromatic heterocycles. The van der Waals surface area contributed by atoms with E-state index in [2.05, 4.69) is 20.7 Å². The van der Waals surface area contributed by atoms with Gasteiger partial charge in [0.1, 0.15) is 11.1 Å². The van der Waals surface area contributed by atoms with E-state index in [1.807, 2.05) is 0 Å². The molecule has 0 aliphatic rings. The smallest absolute Gasteiger partial charge is 0.242 e. The first kappa shape index (κ1) is 16.6. The summed E-state index contributed by atoms with van der Waals surface area (Å²) in [5, 5.41) is -1.08. The molecule has 0 saturated heterocycles. The summed E-state index contributed by atoms with van der Waals surface area (Å²) in [4.78, 5) is -0.135. The second kappa shape index (κ2) is 6.34. The van der Waals surface area contributed by atoms with Gasteiger partial charge in [0.15, 0.2) is 0 Å². The first-order valence-corrected chi connectivity index (χ1v) is 8.27. The largest absolute Gasteiger partial charge is 0.392 e. The van der Waals surface area contributed by atoms with E-state index < -0.39 is 21.1 Å². The fraction of sp³-hybridized carbons (Fsp3) is 0.300. The van der Waals surface area contributed by atoms with Crippen LogP contribution in [0.3, 0.4) is 0 Å². The van der Waals surface area contributed by atoms with Crippen LogP contribution in [0.4, 0.5) is 10.1 Å². The van der Waals surface area contributed by atoms with Gasteiger partial charge in [0, 0.05) is 4.47 Å². The molecule has 3 N–H and O–H groups in total. The molecule has 1 aromatic carbocycles. The third-order valence-corrected chi connectivity index (χ3v) is 5.50. The lowest BCUT2D eigenvalue weighted by molar-refractivity contribution is 0.594. The van der Waals surface area contributed by atoms with Crippen molar-refractivity contribution in [2.24, 2.45) is 5.73 Å². The molecule has 0 spiro atoms. The Morgan fingerprint density at radius 3 is 2.63 bits per heavy atom. The van der Waals surface area contributed by atoms with Crippen molar-refractivity contribution in [3.05, 3.63) is 27.4 Å². The van der Waals surface area contributed by atoms with E-state index in [9.17, 15) is 12.8 Å². The van der Waals surface area contributed by atoms with Crippen LogP contribution in [0.5, 0.6) is 0 Å². The summed E-state index contributed by atoms with van der Waals surface area (Å²) in [7, 11) is -3.84. The summed E-state index contributed by atoms with van der Waals surface area (Å²) in [6.45, 7) is 1.64. The second-order valence-corrected chi connectivity index (χ2v) is 7.29. The van der Waals surface area contributed by atoms with Gasteiger partial charge in [-0.05, 0) is 34.5 Å². The number of anilines is 1. The molecule has 0 fully saturated rings. The monoisotopic (exact) mass is 388 g/mol. The lowest BCUT2D eigenvalue weighted by Gasteiger charge is -2.17. The average molecular weight is 390 g/mol. The van der Waals surface area contributed by atoms with Crippen LogP contribution in [0, 0.1) is 5.82 Å². The number of hydrogen-bond donors (Lipinski definition) is 2. The van der Waals surface area contributed by atoms with Gasteiger partial charge in [-0.15, -0.1) is 0 Å². The molecule has 106 valence electrons. The number of nitrogens with two attached hydrogens (primary N) is 1. The zero-order valence-electron chi connectivity index (χ0n) is 9.78. The van der Waals surface area contributed by atoms with E-state index in [4.69, 9.17) is 29.6 Å². The van der Waals surface area contributed by atoms with E-state index in [1.54, 1.807) is 6.92 Å². The van der Waals surface area contributed by atoms with Crippen LogP contribution < -0.4 is 10.5 Å². The van der Waals surface area contributed by atoms with Crippen LogP contribution in [-0.2, 0) is 10.0 Å². The minimum absolute atomic E-state index is 0.0535. The molecule has 4 nitrogen and oxygen atoms in total. The second-order valence-electron chi connectivity index (χ2n) is 3.69. The maximum Gasteiger partial charge on any atom is 0.242 e. The van der Waals surface area contributed by atoms with Crippen molar-refractivity contribution >= 4 is 60.4 Å². The number of benzene rings is 1. The maximum atomic E-state index is 13.1. The highest BCUT2D eigenvalue weighted by atomic mass is 79.9. The van der Waals surface area contributed by atoms with Crippen molar-refractivity contribution in [2.45, 2.75) is 18.6 Å². The Morgan fingerprint density at radius 1 is 1.63 bits per heavy atom. The van der Waals surface area contributed by atoms with Crippen LogP contribution in [-0.4, -0.2) is 18.7 Å². The summed E-state index contributed by atoms with van der Waals surface area (Å²) < 4.78 is 39.7. The fourth-order valence-corrected chi connectivity index (χ4v) is 4.45. The number of sulfonamides is 1. The van der Waals surface area contributed by atoms with Gasteiger partial charge >= 0.3 is 0 Å². The minimum atomic E-state index is -3.84. The third-order valence-electron chi connectivity index (χ3n) is 2.31.